The number of hydrogen-bond acceptors (Lipinski definition) is 3. The van der Waals surface area contributed by atoms with Crippen LogP contribution in [0, 0.1) is 0 Å². The molecule has 0 bridgehead atoms. The summed E-state index contributed by atoms with van der Waals surface area (Å²) in [5.74, 6) is -0.274. The van der Waals surface area contributed by atoms with Crippen molar-refractivity contribution in [3.63, 3.8) is 0 Å². The Balaban J connectivity index is 2.15. The Kier molecular flexibility index (Phi) is 4.99. The first kappa shape index (κ1) is 14.1. The van der Waals surface area contributed by atoms with Gasteiger partial charge in [-0.15, -0.1) is 0 Å². The lowest BCUT2D eigenvalue weighted by Crippen LogP contribution is -2.26. The topological polar surface area (TPSA) is 55.8 Å². The van der Waals surface area contributed by atoms with Gasteiger partial charge in [0, 0.05) is 29.0 Å². The van der Waals surface area contributed by atoms with Crippen LogP contribution in [0.3, 0.4) is 0 Å². The average molecular weight is 327 g/mol. The fourth-order valence-electron chi connectivity index (χ4n) is 1.89. The van der Waals surface area contributed by atoms with Crippen molar-refractivity contribution in [1.29, 1.82) is 0 Å². The Morgan fingerprint density at radius 1 is 1.42 bits per heavy atom. The molecule has 0 unspecified atom stereocenters. The van der Waals surface area contributed by atoms with E-state index in [2.05, 4.69) is 15.9 Å². The second-order valence-corrected chi connectivity index (χ2v) is 5.20. The van der Waals surface area contributed by atoms with Crippen LogP contribution < -0.4 is 4.74 Å². The molecule has 1 heterocycles. The van der Waals surface area contributed by atoms with Gasteiger partial charge in [0.2, 0.25) is 0 Å². The number of benzene rings is 1. The van der Waals surface area contributed by atoms with Crippen molar-refractivity contribution in [2.24, 2.45) is 0 Å². The van der Waals surface area contributed by atoms with Crippen molar-refractivity contribution in [1.82, 2.24) is 0 Å². The van der Waals surface area contributed by atoms with Crippen molar-refractivity contribution in [3.8, 4) is 5.75 Å². The summed E-state index contributed by atoms with van der Waals surface area (Å²) < 4.78 is 12.1. The van der Waals surface area contributed by atoms with Gasteiger partial charge in [0.25, 0.3) is 0 Å². The molecule has 0 aromatic heterocycles. The zero-order valence-corrected chi connectivity index (χ0v) is 11.9. The molecular weight excluding hydrogens is 312 g/mol. The van der Waals surface area contributed by atoms with Crippen molar-refractivity contribution in [2.45, 2.75) is 18.9 Å². The highest BCUT2D eigenvalue weighted by atomic mass is 79.9. The van der Waals surface area contributed by atoms with Crippen LogP contribution in [0.2, 0.25) is 0 Å². The highest BCUT2D eigenvalue weighted by Crippen LogP contribution is 2.27. The molecule has 2 rings (SSSR count). The number of carbonyl (C=O) groups is 1. The Hall–Kier alpha value is -1.33. The summed E-state index contributed by atoms with van der Waals surface area (Å²) in [6.45, 7) is 1.42. The fraction of sp³-hybridized carbons (Fsp3) is 0.357. The van der Waals surface area contributed by atoms with Crippen LogP contribution in [0.25, 0.3) is 6.08 Å². The molecule has 1 aromatic carbocycles. The standard InChI is InChI=1S/C14H15BrO4/c15-11-2-3-13(10(9-11)1-4-14(16)17)19-12-5-7-18-8-6-12/h1-4,9,12H,5-8H2,(H,16,17). The molecule has 19 heavy (non-hydrogen) atoms. The number of rotatable bonds is 4. The van der Waals surface area contributed by atoms with Gasteiger partial charge < -0.3 is 14.6 Å². The van der Waals surface area contributed by atoms with E-state index in [1.807, 2.05) is 18.2 Å². The van der Waals surface area contributed by atoms with E-state index in [0.717, 1.165) is 29.0 Å². The second kappa shape index (κ2) is 6.73. The van der Waals surface area contributed by atoms with Gasteiger partial charge in [-0.2, -0.15) is 0 Å². The van der Waals surface area contributed by atoms with Gasteiger partial charge in [0.15, 0.2) is 0 Å². The van der Waals surface area contributed by atoms with E-state index in [1.54, 1.807) is 6.08 Å². The molecular formula is C14H15BrO4. The Bertz CT molecular complexity index is 478. The van der Waals surface area contributed by atoms with E-state index in [0.29, 0.717) is 19.0 Å². The fourth-order valence-corrected chi connectivity index (χ4v) is 2.27. The minimum absolute atomic E-state index is 0.131. The first-order valence-corrected chi connectivity index (χ1v) is 6.89. The zero-order chi connectivity index (χ0) is 13.7. The van der Waals surface area contributed by atoms with Crippen molar-refractivity contribution in [3.05, 3.63) is 34.3 Å². The molecule has 0 saturated carbocycles. The summed E-state index contributed by atoms with van der Waals surface area (Å²) in [5, 5.41) is 8.70. The third-order valence-electron chi connectivity index (χ3n) is 2.84. The van der Waals surface area contributed by atoms with Crippen molar-refractivity contribution in [2.75, 3.05) is 13.2 Å². The summed E-state index contributed by atoms with van der Waals surface area (Å²) >= 11 is 3.37. The third-order valence-corrected chi connectivity index (χ3v) is 3.33. The summed E-state index contributed by atoms with van der Waals surface area (Å²) in [6, 6.07) is 5.57. The maximum atomic E-state index is 10.6. The molecule has 0 atom stereocenters. The molecule has 4 nitrogen and oxygen atoms in total. The monoisotopic (exact) mass is 326 g/mol. The number of carboxylic acids is 1. The van der Waals surface area contributed by atoms with Gasteiger partial charge in [-0.1, -0.05) is 15.9 Å². The Labute approximate surface area is 120 Å². The first-order chi connectivity index (χ1) is 9.15. The number of aliphatic carboxylic acids is 1. The molecule has 0 aliphatic carbocycles. The van der Waals surface area contributed by atoms with Gasteiger partial charge in [-0.3, -0.25) is 0 Å². The predicted octanol–water partition coefficient (Wildman–Crippen LogP) is 3.10. The molecule has 102 valence electrons. The van der Waals surface area contributed by atoms with Crippen LogP contribution in [0.4, 0.5) is 0 Å². The number of hydrogen-bond donors (Lipinski definition) is 1. The van der Waals surface area contributed by atoms with Crippen molar-refractivity contribution >= 4 is 28.0 Å². The lowest BCUT2D eigenvalue weighted by atomic mass is 10.1. The highest BCUT2D eigenvalue weighted by Gasteiger charge is 2.16. The summed E-state index contributed by atoms with van der Waals surface area (Å²) in [4.78, 5) is 10.6. The molecule has 1 N–H and O–H groups in total. The smallest absolute Gasteiger partial charge is 0.328 e. The first-order valence-electron chi connectivity index (χ1n) is 6.10. The Morgan fingerprint density at radius 3 is 2.84 bits per heavy atom. The van der Waals surface area contributed by atoms with Gasteiger partial charge in [0.1, 0.15) is 11.9 Å². The number of halogens is 1. The van der Waals surface area contributed by atoms with E-state index in [1.165, 1.54) is 0 Å². The van der Waals surface area contributed by atoms with E-state index in [4.69, 9.17) is 14.6 Å². The highest BCUT2D eigenvalue weighted by molar-refractivity contribution is 9.10. The van der Waals surface area contributed by atoms with E-state index in [9.17, 15) is 4.79 Å². The lowest BCUT2D eigenvalue weighted by molar-refractivity contribution is -0.131. The van der Waals surface area contributed by atoms with Gasteiger partial charge >= 0.3 is 5.97 Å². The van der Waals surface area contributed by atoms with Crippen molar-refractivity contribution < 1.29 is 19.4 Å². The third kappa shape index (κ3) is 4.36. The second-order valence-electron chi connectivity index (χ2n) is 4.28. The molecule has 1 aliphatic rings. The van der Waals surface area contributed by atoms with Gasteiger partial charge in [-0.25, -0.2) is 4.79 Å². The normalized spacial score (nSPS) is 16.7. The van der Waals surface area contributed by atoms with Crippen LogP contribution >= 0.6 is 15.9 Å². The number of carboxylic acid groups (broad SMARTS) is 1. The van der Waals surface area contributed by atoms with E-state index >= 15 is 0 Å². The minimum Gasteiger partial charge on any atom is -0.490 e. The summed E-state index contributed by atoms with van der Waals surface area (Å²) in [7, 11) is 0. The maximum absolute atomic E-state index is 10.6. The maximum Gasteiger partial charge on any atom is 0.328 e. The molecule has 1 saturated heterocycles. The Morgan fingerprint density at radius 2 is 2.16 bits per heavy atom. The van der Waals surface area contributed by atoms with Gasteiger partial charge in [-0.05, 0) is 24.3 Å². The van der Waals surface area contributed by atoms with Gasteiger partial charge in [0.05, 0.1) is 13.2 Å². The van der Waals surface area contributed by atoms with E-state index in [-0.39, 0.29) is 6.10 Å². The molecule has 1 aliphatic heterocycles. The van der Waals surface area contributed by atoms with Crippen LogP contribution in [-0.2, 0) is 9.53 Å². The van der Waals surface area contributed by atoms with E-state index < -0.39 is 5.97 Å². The van der Waals surface area contributed by atoms with Crippen LogP contribution in [-0.4, -0.2) is 30.4 Å². The van der Waals surface area contributed by atoms with Crippen LogP contribution in [0.1, 0.15) is 18.4 Å². The molecule has 0 radical (unpaired) electrons. The minimum atomic E-state index is -0.975. The number of ether oxygens (including phenoxy) is 2. The summed E-state index contributed by atoms with van der Waals surface area (Å²) in [6.07, 6.45) is 4.50. The molecule has 0 spiro atoms. The van der Waals surface area contributed by atoms with Crippen LogP contribution in [0.5, 0.6) is 5.75 Å². The zero-order valence-electron chi connectivity index (χ0n) is 10.3. The predicted molar refractivity (Wildman–Crippen MR) is 75.3 cm³/mol. The molecule has 1 aromatic rings. The van der Waals surface area contributed by atoms with Crippen LogP contribution in [0.15, 0.2) is 28.7 Å². The average Bonchev–Trinajstić information content (AvgIpc) is 2.40. The molecule has 1 fully saturated rings. The molecule has 5 heteroatoms. The SMILES string of the molecule is O=C(O)C=Cc1cc(Br)ccc1OC1CCOCC1. The largest absolute Gasteiger partial charge is 0.490 e. The quantitative estimate of drug-likeness (QED) is 0.864. The molecule has 0 amide bonds. The lowest BCUT2D eigenvalue weighted by Gasteiger charge is -2.24. The summed E-state index contributed by atoms with van der Waals surface area (Å²) in [5.41, 5.74) is 0.753.